The summed E-state index contributed by atoms with van der Waals surface area (Å²) >= 11 is 0. The van der Waals surface area contributed by atoms with E-state index in [1.165, 1.54) is 0 Å². The van der Waals surface area contributed by atoms with Crippen molar-refractivity contribution in [1.82, 2.24) is 0 Å². The lowest BCUT2D eigenvalue weighted by atomic mass is 10.1. The van der Waals surface area contributed by atoms with Gasteiger partial charge in [0, 0.05) is 13.1 Å². The van der Waals surface area contributed by atoms with Crippen molar-refractivity contribution in [3.8, 4) is 5.75 Å². The maximum atomic E-state index is 12.4. The van der Waals surface area contributed by atoms with Crippen LogP contribution in [0.15, 0.2) is 48.5 Å². The summed E-state index contributed by atoms with van der Waals surface area (Å²) < 4.78 is 16.0. The molecule has 1 aliphatic rings. The van der Waals surface area contributed by atoms with Gasteiger partial charge in [-0.05, 0) is 37.3 Å². The Labute approximate surface area is 164 Å². The number of nitrogens with zero attached hydrogens (tertiary/aromatic N) is 1. The highest BCUT2D eigenvalue weighted by Gasteiger charge is 2.19. The van der Waals surface area contributed by atoms with Crippen molar-refractivity contribution in [2.45, 2.75) is 6.92 Å². The number of carbonyl (C=O) groups excluding carboxylic acids is 2. The molecular weight excluding hydrogens is 360 g/mol. The van der Waals surface area contributed by atoms with Gasteiger partial charge in [-0.25, -0.2) is 4.79 Å². The maximum Gasteiger partial charge on any atom is 0.338 e. The number of hydrogen-bond donors (Lipinski definition) is 1. The van der Waals surface area contributed by atoms with Gasteiger partial charge in [0.2, 0.25) is 0 Å². The van der Waals surface area contributed by atoms with E-state index in [4.69, 9.17) is 14.2 Å². The molecule has 2 aromatic carbocycles. The van der Waals surface area contributed by atoms with Crippen molar-refractivity contribution in [1.29, 1.82) is 0 Å². The lowest BCUT2D eigenvalue weighted by molar-refractivity contribution is -0.118. The van der Waals surface area contributed by atoms with E-state index in [-0.39, 0.29) is 19.1 Å². The van der Waals surface area contributed by atoms with Crippen molar-refractivity contribution in [2.24, 2.45) is 0 Å². The van der Waals surface area contributed by atoms with E-state index >= 15 is 0 Å². The molecule has 1 saturated heterocycles. The highest BCUT2D eigenvalue weighted by Crippen LogP contribution is 2.28. The molecule has 0 aromatic heterocycles. The van der Waals surface area contributed by atoms with Gasteiger partial charge in [0.05, 0.1) is 36.8 Å². The summed E-state index contributed by atoms with van der Waals surface area (Å²) in [4.78, 5) is 26.6. The molecule has 0 aliphatic carbocycles. The normalized spacial score (nSPS) is 13.7. The fraction of sp³-hybridized carbons (Fsp3) is 0.333. The van der Waals surface area contributed by atoms with E-state index < -0.39 is 5.97 Å². The summed E-state index contributed by atoms with van der Waals surface area (Å²) in [6.45, 7) is 4.56. The Hall–Kier alpha value is -3.06. The first kappa shape index (κ1) is 19.7. The minimum atomic E-state index is -0.424. The van der Waals surface area contributed by atoms with Crippen LogP contribution in [-0.4, -0.2) is 51.4 Å². The quantitative estimate of drug-likeness (QED) is 0.740. The summed E-state index contributed by atoms with van der Waals surface area (Å²) in [6, 6.07) is 14.3. The van der Waals surface area contributed by atoms with Crippen molar-refractivity contribution in [3.63, 3.8) is 0 Å². The number of amides is 1. The van der Waals surface area contributed by atoms with Crippen LogP contribution in [0.25, 0.3) is 0 Å². The third-order valence-electron chi connectivity index (χ3n) is 4.25. The number of carbonyl (C=O) groups is 2. The third kappa shape index (κ3) is 5.23. The molecule has 0 bridgehead atoms. The van der Waals surface area contributed by atoms with Crippen LogP contribution in [0, 0.1) is 0 Å². The van der Waals surface area contributed by atoms with E-state index in [9.17, 15) is 9.59 Å². The molecule has 148 valence electrons. The molecule has 1 N–H and O–H groups in total. The lowest BCUT2D eigenvalue weighted by Crippen LogP contribution is -2.37. The van der Waals surface area contributed by atoms with Crippen LogP contribution in [0.4, 0.5) is 11.4 Å². The van der Waals surface area contributed by atoms with Crippen molar-refractivity contribution < 1.29 is 23.8 Å². The fourth-order valence-electron chi connectivity index (χ4n) is 2.91. The molecule has 0 unspecified atom stereocenters. The van der Waals surface area contributed by atoms with Crippen LogP contribution in [0.1, 0.15) is 17.3 Å². The largest absolute Gasteiger partial charge is 0.484 e. The molecule has 7 heteroatoms. The van der Waals surface area contributed by atoms with E-state index in [0.717, 1.165) is 5.69 Å². The zero-order valence-corrected chi connectivity index (χ0v) is 15.8. The Morgan fingerprint density at radius 1 is 1.11 bits per heavy atom. The van der Waals surface area contributed by atoms with Gasteiger partial charge < -0.3 is 24.4 Å². The second-order valence-electron chi connectivity index (χ2n) is 6.20. The molecule has 7 nitrogen and oxygen atoms in total. The Morgan fingerprint density at radius 3 is 2.57 bits per heavy atom. The number of para-hydroxylation sites is 1. The molecule has 1 amide bonds. The average Bonchev–Trinajstić information content (AvgIpc) is 2.74. The first-order valence-electron chi connectivity index (χ1n) is 9.29. The Balaban J connectivity index is 1.75. The topological polar surface area (TPSA) is 77.1 Å². The Bertz CT molecular complexity index is 804. The highest BCUT2D eigenvalue weighted by molar-refractivity contribution is 5.98. The predicted molar refractivity (Wildman–Crippen MR) is 106 cm³/mol. The first-order valence-corrected chi connectivity index (χ1v) is 9.29. The van der Waals surface area contributed by atoms with Gasteiger partial charge in [-0.2, -0.15) is 0 Å². The number of morpholine rings is 1. The number of ether oxygens (including phenoxy) is 3. The second-order valence-corrected chi connectivity index (χ2v) is 6.20. The molecule has 1 fully saturated rings. The van der Waals surface area contributed by atoms with Gasteiger partial charge in [0.25, 0.3) is 5.91 Å². The summed E-state index contributed by atoms with van der Waals surface area (Å²) in [6.07, 6.45) is 0. The minimum Gasteiger partial charge on any atom is -0.484 e. The number of hydrogen-bond acceptors (Lipinski definition) is 6. The van der Waals surface area contributed by atoms with Crippen molar-refractivity contribution in [3.05, 3.63) is 54.1 Å². The molecule has 1 heterocycles. The molecule has 1 aliphatic heterocycles. The molecule has 3 rings (SSSR count). The van der Waals surface area contributed by atoms with Gasteiger partial charge >= 0.3 is 5.97 Å². The van der Waals surface area contributed by atoms with Crippen LogP contribution < -0.4 is 15.0 Å². The van der Waals surface area contributed by atoms with Crippen LogP contribution in [0.2, 0.25) is 0 Å². The van der Waals surface area contributed by atoms with Gasteiger partial charge in [-0.1, -0.05) is 18.2 Å². The lowest BCUT2D eigenvalue weighted by Gasteiger charge is -2.30. The molecule has 0 atom stereocenters. The van der Waals surface area contributed by atoms with Crippen molar-refractivity contribution >= 4 is 23.3 Å². The van der Waals surface area contributed by atoms with Crippen LogP contribution >= 0.6 is 0 Å². The van der Waals surface area contributed by atoms with Crippen LogP contribution in [0.3, 0.4) is 0 Å². The Kier molecular flexibility index (Phi) is 6.86. The summed E-state index contributed by atoms with van der Waals surface area (Å²) in [7, 11) is 0. The van der Waals surface area contributed by atoms with Gasteiger partial charge in [0.15, 0.2) is 6.61 Å². The molecular formula is C21H24N2O5. The molecule has 0 saturated carbocycles. The highest BCUT2D eigenvalue weighted by atomic mass is 16.5. The van der Waals surface area contributed by atoms with E-state index in [2.05, 4.69) is 10.2 Å². The molecule has 0 spiro atoms. The van der Waals surface area contributed by atoms with E-state index in [1.807, 2.05) is 24.3 Å². The van der Waals surface area contributed by atoms with E-state index in [1.54, 1.807) is 31.2 Å². The monoisotopic (exact) mass is 384 g/mol. The standard InChI is InChI=1S/C21H24N2O5/c1-2-27-21(25)16-8-9-19(23-10-12-26-13-11-23)18(14-16)22-20(24)15-28-17-6-4-3-5-7-17/h3-9,14H,2,10-13,15H2,1H3,(H,22,24). The second kappa shape index (κ2) is 9.75. The van der Waals surface area contributed by atoms with Gasteiger partial charge in [-0.3, -0.25) is 4.79 Å². The first-order chi connectivity index (χ1) is 13.7. The maximum absolute atomic E-state index is 12.4. The number of anilines is 2. The Morgan fingerprint density at radius 2 is 1.86 bits per heavy atom. The third-order valence-corrected chi connectivity index (χ3v) is 4.25. The zero-order chi connectivity index (χ0) is 19.8. The number of rotatable bonds is 7. The minimum absolute atomic E-state index is 0.129. The van der Waals surface area contributed by atoms with Gasteiger partial charge in [0.1, 0.15) is 5.75 Å². The number of esters is 1. The van der Waals surface area contributed by atoms with Crippen molar-refractivity contribution in [2.75, 3.05) is 49.7 Å². The SMILES string of the molecule is CCOC(=O)c1ccc(N2CCOCC2)c(NC(=O)COc2ccccc2)c1. The summed E-state index contributed by atoms with van der Waals surface area (Å²) in [5.74, 6) is -0.113. The molecule has 28 heavy (non-hydrogen) atoms. The predicted octanol–water partition coefficient (Wildman–Crippen LogP) is 2.72. The van der Waals surface area contributed by atoms with Crippen LogP contribution in [-0.2, 0) is 14.3 Å². The van der Waals surface area contributed by atoms with E-state index in [0.29, 0.717) is 43.3 Å². The molecule has 0 radical (unpaired) electrons. The summed E-state index contributed by atoms with van der Waals surface area (Å²) in [5, 5.41) is 2.86. The molecule has 2 aromatic rings. The smallest absolute Gasteiger partial charge is 0.338 e. The zero-order valence-electron chi connectivity index (χ0n) is 15.8. The number of nitrogens with one attached hydrogen (secondary N) is 1. The summed E-state index contributed by atoms with van der Waals surface area (Å²) in [5.41, 5.74) is 1.77. The van der Waals surface area contributed by atoms with Gasteiger partial charge in [-0.15, -0.1) is 0 Å². The number of benzene rings is 2. The average molecular weight is 384 g/mol. The fourth-order valence-corrected chi connectivity index (χ4v) is 2.91. The van der Waals surface area contributed by atoms with Crippen LogP contribution in [0.5, 0.6) is 5.75 Å².